The highest BCUT2D eigenvalue weighted by Crippen LogP contribution is 2.39. The lowest BCUT2D eigenvalue weighted by atomic mass is 9.92. The summed E-state index contributed by atoms with van der Waals surface area (Å²) in [6.45, 7) is 0.949. The first-order valence-electron chi connectivity index (χ1n) is 5.26. The summed E-state index contributed by atoms with van der Waals surface area (Å²) in [5, 5.41) is 13.2. The zero-order valence-electron chi connectivity index (χ0n) is 8.87. The average molecular weight is 296 g/mol. The lowest BCUT2D eigenvalue weighted by molar-refractivity contribution is -0.150. The van der Waals surface area contributed by atoms with Crippen LogP contribution in [-0.4, -0.2) is 29.8 Å². The molecule has 0 unspecified atom stereocenters. The highest BCUT2D eigenvalue weighted by Gasteiger charge is 2.52. The van der Waals surface area contributed by atoms with Gasteiger partial charge in [-0.2, -0.15) is 0 Å². The highest BCUT2D eigenvalue weighted by atomic mass is 79.9. The van der Waals surface area contributed by atoms with Crippen LogP contribution in [0.5, 0.6) is 0 Å². The van der Waals surface area contributed by atoms with E-state index in [4.69, 9.17) is 4.74 Å². The second kappa shape index (κ2) is 3.58. The fraction of sp³-hybridized carbons (Fsp3) is 0.250. The number of esters is 1. The molecule has 88 valence electrons. The van der Waals surface area contributed by atoms with E-state index in [0.717, 1.165) is 4.47 Å². The Hall–Kier alpha value is -1.33. The van der Waals surface area contributed by atoms with E-state index >= 15 is 0 Å². The first kappa shape index (κ1) is 10.8. The van der Waals surface area contributed by atoms with Gasteiger partial charge in [-0.25, -0.2) is 4.79 Å². The third-order valence-electron chi connectivity index (χ3n) is 3.09. The van der Waals surface area contributed by atoms with Crippen molar-refractivity contribution in [1.82, 2.24) is 5.32 Å². The summed E-state index contributed by atoms with van der Waals surface area (Å²) < 4.78 is 6.12. The van der Waals surface area contributed by atoms with Crippen molar-refractivity contribution in [3.63, 3.8) is 0 Å². The van der Waals surface area contributed by atoms with E-state index in [1.165, 1.54) is 0 Å². The van der Waals surface area contributed by atoms with E-state index in [9.17, 15) is 9.90 Å². The zero-order chi connectivity index (χ0) is 12.0. The number of halogens is 1. The van der Waals surface area contributed by atoms with Gasteiger partial charge in [0.1, 0.15) is 5.57 Å². The van der Waals surface area contributed by atoms with Crippen LogP contribution in [-0.2, 0) is 9.53 Å². The second-order valence-corrected chi connectivity index (χ2v) is 5.14. The Bertz CT molecular complexity index is 534. The molecule has 1 spiro atoms. The summed E-state index contributed by atoms with van der Waals surface area (Å²) in [4.78, 5) is 11.8. The van der Waals surface area contributed by atoms with Gasteiger partial charge in [-0.15, -0.1) is 0 Å². The number of hydrogen-bond donors (Lipinski definition) is 2. The number of nitrogens with one attached hydrogen (secondary N) is 1. The van der Waals surface area contributed by atoms with Crippen molar-refractivity contribution >= 4 is 27.5 Å². The number of hydrogen-bond acceptors (Lipinski definition) is 4. The first-order valence-corrected chi connectivity index (χ1v) is 6.05. The van der Waals surface area contributed by atoms with E-state index < -0.39 is 11.6 Å². The van der Waals surface area contributed by atoms with Crippen LogP contribution in [0.4, 0.5) is 0 Å². The smallest absolute Gasteiger partial charge is 0.343 e. The van der Waals surface area contributed by atoms with Crippen LogP contribution in [0.3, 0.4) is 0 Å². The average Bonchev–Trinajstić information content (AvgIpc) is 2.50. The number of carbonyl (C=O) groups is 1. The topological polar surface area (TPSA) is 58.6 Å². The van der Waals surface area contributed by atoms with Gasteiger partial charge in [0, 0.05) is 17.6 Å². The highest BCUT2D eigenvalue weighted by molar-refractivity contribution is 9.10. The molecule has 1 saturated heterocycles. The van der Waals surface area contributed by atoms with E-state index in [1.54, 1.807) is 12.1 Å². The molecule has 0 radical (unpaired) electrons. The minimum Gasteiger partial charge on any atom is -0.507 e. The van der Waals surface area contributed by atoms with Crippen molar-refractivity contribution in [2.24, 2.45) is 0 Å². The van der Waals surface area contributed by atoms with Gasteiger partial charge in [-0.05, 0) is 17.7 Å². The quantitative estimate of drug-likeness (QED) is 0.773. The number of ether oxygens (including phenoxy) is 1. The monoisotopic (exact) mass is 295 g/mol. The summed E-state index contributed by atoms with van der Waals surface area (Å²) >= 11 is 3.34. The van der Waals surface area contributed by atoms with Gasteiger partial charge in [0.2, 0.25) is 0 Å². The van der Waals surface area contributed by atoms with Crippen molar-refractivity contribution in [1.29, 1.82) is 0 Å². The van der Waals surface area contributed by atoms with Gasteiger partial charge in [-0.1, -0.05) is 28.1 Å². The van der Waals surface area contributed by atoms with Crippen molar-refractivity contribution < 1.29 is 14.6 Å². The fourth-order valence-electron chi connectivity index (χ4n) is 2.09. The molecule has 17 heavy (non-hydrogen) atoms. The van der Waals surface area contributed by atoms with E-state index in [2.05, 4.69) is 21.2 Å². The van der Waals surface area contributed by atoms with E-state index in [0.29, 0.717) is 18.7 Å². The normalized spacial score (nSPS) is 21.6. The predicted octanol–water partition coefficient (Wildman–Crippen LogP) is 1.62. The molecule has 3 rings (SSSR count). The minimum atomic E-state index is -0.825. The van der Waals surface area contributed by atoms with Gasteiger partial charge >= 0.3 is 5.97 Å². The molecule has 1 fully saturated rings. The van der Waals surface area contributed by atoms with Gasteiger partial charge in [0.15, 0.2) is 11.4 Å². The molecule has 0 amide bonds. The predicted molar refractivity (Wildman–Crippen MR) is 65.4 cm³/mol. The van der Waals surface area contributed by atoms with Crippen molar-refractivity contribution in [3.05, 3.63) is 40.1 Å². The van der Waals surface area contributed by atoms with Crippen LogP contribution in [0.2, 0.25) is 0 Å². The molecule has 2 aliphatic rings. The Balaban J connectivity index is 2.10. The summed E-state index contributed by atoms with van der Waals surface area (Å²) in [6, 6.07) is 7.25. The number of rotatable bonds is 1. The maximum absolute atomic E-state index is 11.8. The molecule has 1 aromatic carbocycles. The van der Waals surface area contributed by atoms with Gasteiger partial charge < -0.3 is 15.2 Å². The van der Waals surface area contributed by atoms with Gasteiger partial charge in [0.25, 0.3) is 0 Å². The molecular weight excluding hydrogens is 286 g/mol. The molecule has 0 saturated carbocycles. The van der Waals surface area contributed by atoms with Crippen molar-refractivity contribution in [2.45, 2.75) is 5.60 Å². The molecule has 2 aliphatic heterocycles. The van der Waals surface area contributed by atoms with E-state index in [1.807, 2.05) is 12.1 Å². The van der Waals surface area contributed by atoms with Crippen LogP contribution in [0.15, 0.2) is 34.5 Å². The SMILES string of the molecule is O=C1OC2(CNC2)C(O)=C1c1cccc(Br)c1. The van der Waals surface area contributed by atoms with Crippen molar-refractivity contribution in [3.8, 4) is 0 Å². The molecule has 2 heterocycles. The number of benzene rings is 1. The molecule has 1 aromatic rings. The molecule has 2 N–H and O–H groups in total. The fourth-order valence-corrected chi connectivity index (χ4v) is 2.49. The van der Waals surface area contributed by atoms with Crippen LogP contribution >= 0.6 is 15.9 Å². The summed E-state index contributed by atoms with van der Waals surface area (Å²) in [5.41, 5.74) is 0.118. The third-order valence-corrected chi connectivity index (χ3v) is 3.59. The minimum absolute atomic E-state index is 0.0411. The Kier molecular flexibility index (Phi) is 2.27. The maximum atomic E-state index is 11.8. The summed E-state index contributed by atoms with van der Waals surface area (Å²) in [5.74, 6) is -0.415. The standard InChI is InChI=1S/C12H10BrNO3/c13-8-3-1-2-7(4-8)9-10(15)12(5-14-6-12)17-11(9)16/h1-4,14-15H,5-6H2. The molecule has 0 aliphatic carbocycles. The Labute approximate surface area is 106 Å². The lowest BCUT2D eigenvalue weighted by Crippen LogP contribution is -2.60. The van der Waals surface area contributed by atoms with Crippen LogP contribution in [0, 0.1) is 0 Å². The number of carbonyl (C=O) groups excluding carboxylic acids is 1. The number of aliphatic hydroxyl groups excluding tert-OH is 1. The van der Waals surface area contributed by atoms with Gasteiger partial charge in [0.05, 0.1) is 0 Å². The second-order valence-electron chi connectivity index (χ2n) is 4.22. The van der Waals surface area contributed by atoms with Crippen LogP contribution in [0.1, 0.15) is 5.56 Å². The molecule has 0 atom stereocenters. The maximum Gasteiger partial charge on any atom is 0.343 e. The molecule has 5 heteroatoms. The van der Waals surface area contributed by atoms with Crippen LogP contribution in [0.25, 0.3) is 5.57 Å². The molecule has 4 nitrogen and oxygen atoms in total. The van der Waals surface area contributed by atoms with Crippen LogP contribution < -0.4 is 5.32 Å². The summed E-state index contributed by atoms with van der Waals surface area (Å²) in [7, 11) is 0. The van der Waals surface area contributed by atoms with E-state index in [-0.39, 0.29) is 11.3 Å². The van der Waals surface area contributed by atoms with Gasteiger partial charge in [-0.3, -0.25) is 0 Å². The van der Waals surface area contributed by atoms with Crippen molar-refractivity contribution in [2.75, 3.05) is 13.1 Å². The number of aliphatic hydroxyl groups is 1. The largest absolute Gasteiger partial charge is 0.507 e. The third kappa shape index (κ3) is 1.50. The first-order chi connectivity index (χ1) is 8.12. The zero-order valence-corrected chi connectivity index (χ0v) is 10.5. The molecule has 0 bridgehead atoms. The molecular formula is C12H10BrNO3. The Morgan fingerprint density at radius 1 is 1.41 bits per heavy atom. The Morgan fingerprint density at radius 2 is 2.18 bits per heavy atom. The Morgan fingerprint density at radius 3 is 2.71 bits per heavy atom. The summed E-state index contributed by atoms with van der Waals surface area (Å²) in [6.07, 6.45) is 0. The molecule has 0 aromatic heterocycles. The lowest BCUT2D eigenvalue weighted by Gasteiger charge is -2.37.